The van der Waals surface area contributed by atoms with Crippen LogP contribution < -0.4 is 10.9 Å². The zero-order valence-electron chi connectivity index (χ0n) is 13.6. The predicted octanol–water partition coefficient (Wildman–Crippen LogP) is 1.68. The molecule has 0 atom stereocenters. The highest BCUT2D eigenvalue weighted by Crippen LogP contribution is 2.27. The Labute approximate surface area is 142 Å². The minimum atomic E-state index is -0.490. The lowest BCUT2D eigenvalue weighted by Crippen LogP contribution is -2.34. The van der Waals surface area contributed by atoms with Gasteiger partial charge >= 0.3 is 5.97 Å². The van der Waals surface area contributed by atoms with Crippen LogP contribution in [0.3, 0.4) is 0 Å². The third-order valence-electron chi connectivity index (χ3n) is 4.27. The van der Waals surface area contributed by atoms with E-state index in [-0.39, 0.29) is 23.9 Å². The largest absolute Gasteiger partial charge is 0.465 e. The average molecular weight is 349 g/mol. The zero-order chi connectivity index (χ0) is 17.3. The summed E-state index contributed by atoms with van der Waals surface area (Å²) in [4.78, 5) is 43.9. The number of esters is 1. The molecular formula is C16H19N3O4S. The number of carbonyl (C=O) groups excluding carboxylic acids is 2. The maximum Gasteiger partial charge on any atom is 0.348 e. The van der Waals surface area contributed by atoms with Crippen LogP contribution in [0, 0.1) is 6.92 Å². The highest BCUT2D eigenvalue weighted by molar-refractivity contribution is 7.20. The Morgan fingerprint density at radius 2 is 2.08 bits per heavy atom. The summed E-state index contributed by atoms with van der Waals surface area (Å²) in [6.07, 6.45) is 4.29. The Morgan fingerprint density at radius 1 is 1.38 bits per heavy atom. The van der Waals surface area contributed by atoms with Crippen LogP contribution in [-0.4, -0.2) is 35.0 Å². The molecule has 2 heterocycles. The second-order valence-corrected chi connectivity index (χ2v) is 6.97. The normalized spacial score (nSPS) is 14.9. The predicted molar refractivity (Wildman–Crippen MR) is 90.4 cm³/mol. The second-order valence-electron chi connectivity index (χ2n) is 5.97. The van der Waals surface area contributed by atoms with Gasteiger partial charge in [-0.2, -0.15) is 0 Å². The molecule has 128 valence electrons. The molecule has 0 unspecified atom stereocenters. The van der Waals surface area contributed by atoms with Crippen LogP contribution in [-0.2, 0) is 16.0 Å². The number of nitrogens with one attached hydrogen (secondary N) is 2. The fourth-order valence-corrected chi connectivity index (χ4v) is 4.18. The number of hydrogen-bond donors (Lipinski definition) is 2. The Hall–Kier alpha value is -2.22. The number of amides is 1. The summed E-state index contributed by atoms with van der Waals surface area (Å²) in [5, 5.41) is 3.34. The summed E-state index contributed by atoms with van der Waals surface area (Å²) >= 11 is 1.11. The molecule has 0 saturated heterocycles. The topological polar surface area (TPSA) is 101 Å². The molecule has 0 spiro atoms. The van der Waals surface area contributed by atoms with E-state index in [1.807, 2.05) is 0 Å². The molecule has 0 aliphatic heterocycles. The van der Waals surface area contributed by atoms with Crippen molar-refractivity contribution in [2.24, 2.45) is 0 Å². The number of aromatic nitrogens is 2. The number of H-pyrrole nitrogens is 1. The maximum absolute atomic E-state index is 12.3. The minimum absolute atomic E-state index is 0.0200. The smallest absolute Gasteiger partial charge is 0.348 e. The zero-order valence-corrected chi connectivity index (χ0v) is 14.4. The Morgan fingerprint density at radius 3 is 2.75 bits per heavy atom. The Kier molecular flexibility index (Phi) is 4.66. The van der Waals surface area contributed by atoms with E-state index < -0.39 is 5.97 Å². The molecule has 1 fully saturated rings. The maximum atomic E-state index is 12.3. The lowest BCUT2D eigenvalue weighted by molar-refractivity contribution is -0.121. The highest BCUT2D eigenvalue weighted by Gasteiger charge is 2.21. The van der Waals surface area contributed by atoms with Gasteiger partial charge in [0, 0.05) is 6.04 Å². The van der Waals surface area contributed by atoms with Gasteiger partial charge in [0.25, 0.3) is 5.56 Å². The van der Waals surface area contributed by atoms with Crippen LogP contribution in [0.4, 0.5) is 0 Å². The third kappa shape index (κ3) is 3.19. The first-order chi connectivity index (χ1) is 11.5. The van der Waals surface area contributed by atoms with E-state index in [9.17, 15) is 14.4 Å². The van der Waals surface area contributed by atoms with Gasteiger partial charge in [-0.25, -0.2) is 9.78 Å². The van der Waals surface area contributed by atoms with E-state index in [0.717, 1.165) is 37.0 Å². The summed E-state index contributed by atoms with van der Waals surface area (Å²) in [6, 6.07) is 0.225. The monoisotopic (exact) mass is 349 g/mol. The van der Waals surface area contributed by atoms with Gasteiger partial charge in [0.1, 0.15) is 15.5 Å². The summed E-state index contributed by atoms with van der Waals surface area (Å²) in [7, 11) is 1.29. The molecule has 7 nitrogen and oxygen atoms in total. The van der Waals surface area contributed by atoms with Crippen LogP contribution in [0.25, 0.3) is 10.2 Å². The molecule has 8 heteroatoms. The number of aromatic amines is 1. The van der Waals surface area contributed by atoms with Gasteiger partial charge in [0.2, 0.25) is 5.91 Å². The number of rotatable bonds is 4. The Bertz CT molecular complexity index is 849. The van der Waals surface area contributed by atoms with E-state index in [0.29, 0.717) is 26.5 Å². The number of hydrogen-bond acceptors (Lipinski definition) is 6. The van der Waals surface area contributed by atoms with Crippen molar-refractivity contribution >= 4 is 33.4 Å². The van der Waals surface area contributed by atoms with Crippen LogP contribution in [0.15, 0.2) is 4.79 Å². The third-order valence-corrected chi connectivity index (χ3v) is 5.43. The molecular weight excluding hydrogens is 330 g/mol. The van der Waals surface area contributed by atoms with Crippen molar-refractivity contribution in [2.45, 2.75) is 45.1 Å². The Balaban J connectivity index is 1.86. The van der Waals surface area contributed by atoms with Gasteiger partial charge in [0.05, 0.1) is 18.9 Å². The van der Waals surface area contributed by atoms with Crippen LogP contribution in [0.5, 0.6) is 0 Å². The summed E-state index contributed by atoms with van der Waals surface area (Å²) in [5.41, 5.74) is 0.213. The number of thiophene rings is 1. The van der Waals surface area contributed by atoms with Crippen molar-refractivity contribution in [1.82, 2.24) is 15.3 Å². The van der Waals surface area contributed by atoms with Gasteiger partial charge < -0.3 is 15.0 Å². The van der Waals surface area contributed by atoms with Gasteiger partial charge in [-0.15, -0.1) is 11.3 Å². The number of carbonyl (C=O) groups is 2. The molecule has 0 aromatic carbocycles. The summed E-state index contributed by atoms with van der Waals surface area (Å²) in [5.74, 6) is -0.332. The minimum Gasteiger partial charge on any atom is -0.465 e. The lowest BCUT2D eigenvalue weighted by atomic mass is 10.2. The van der Waals surface area contributed by atoms with Crippen molar-refractivity contribution < 1.29 is 14.3 Å². The van der Waals surface area contributed by atoms with E-state index in [2.05, 4.69) is 15.3 Å². The average Bonchev–Trinajstić information content (AvgIpc) is 3.14. The molecule has 1 aliphatic rings. The van der Waals surface area contributed by atoms with Crippen molar-refractivity contribution in [3.63, 3.8) is 0 Å². The van der Waals surface area contributed by atoms with Gasteiger partial charge in [0.15, 0.2) is 0 Å². The van der Waals surface area contributed by atoms with Crippen molar-refractivity contribution in [2.75, 3.05) is 7.11 Å². The molecule has 1 saturated carbocycles. The molecule has 0 radical (unpaired) electrons. The summed E-state index contributed by atoms with van der Waals surface area (Å²) < 4.78 is 4.72. The molecule has 0 bridgehead atoms. The number of ether oxygens (including phenoxy) is 1. The van der Waals surface area contributed by atoms with Crippen LogP contribution in [0.1, 0.15) is 46.7 Å². The van der Waals surface area contributed by atoms with Gasteiger partial charge in [-0.05, 0) is 25.3 Å². The first-order valence-electron chi connectivity index (χ1n) is 7.89. The van der Waals surface area contributed by atoms with Crippen molar-refractivity contribution in [3.8, 4) is 0 Å². The lowest BCUT2D eigenvalue weighted by Gasteiger charge is -2.11. The fraction of sp³-hybridized carbons (Fsp3) is 0.500. The highest BCUT2D eigenvalue weighted by atomic mass is 32.1. The second kappa shape index (κ2) is 6.72. The number of methoxy groups -OCH3 is 1. The van der Waals surface area contributed by atoms with E-state index >= 15 is 0 Å². The summed E-state index contributed by atoms with van der Waals surface area (Å²) in [6.45, 7) is 1.69. The van der Waals surface area contributed by atoms with Crippen molar-refractivity contribution in [3.05, 3.63) is 26.6 Å². The number of aryl methyl sites for hydroxylation is 1. The molecule has 3 rings (SSSR count). The fourth-order valence-electron chi connectivity index (χ4n) is 3.06. The first kappa shape index (κ1) is 16.6. The number of nitrogens with zero attached hydrogens (tertiary/aromatic N) is 1. The molecule has 1 aliphatic carbocycles. The quantitative estimate of drug-likeness (QED) is 0.818. The first-order valence-corrected chi connectivity index (χ1v) is 8.71. The SMILES string of the molecule is COC(=O)c1sc2nc(CC(=O)NC3CCCC3)[nH]c(=O)c2c1C. The van der Waals surface area contributed by atoms with E-state index in [1.165, 1.54) is 7.11 Å². The van der Waals surface area contributed by atoms with Crippen molar-refractivity contribution in [1.29, 1.82) is 0 Å². The molecule has 2 aromatic rings. The van der Waals surface area contributed by atoms with Crippen LogP contribution >= 0.6 is 11.3 Å². The van der Waals surface area contributed by atoms with E-state index in [1.54, 1.807) is 6.92 Å². The van der Waals surface area contributed by atoms with Gasteiger partial charge in [-0.1, -0.05) is 12.8 Å². The van der Waals surface area contributed by atoms with Gasteiger partial charge in [-0.3, -0.25) is 9.59 Å². The molecule has 24 heavy (non-hydrogen) atoms. The number of fused-ring (bicyclic) bond motifs is 1. The van der Waals surface area contributed by atoms with E-state index in [4.69, 9.17) is 4.74 Å². The molecule has 1 amide bonds. The molecule has 2 aromatic heterocycles. The molecule has 2 N–H and O–H groups in total. The van der Waals surface area contributed by atoms with Crippen LogP contribution in [0.2, 0.25) is 0 Å². The standard InChI is InChI=1S/C16H19N3O4S/c1-8-12-14(21)18-10(7-11(20)17-9-5-3-4-6-9)19-15(12)24-13(8)16(22)23-2/h9H,3-7H2,1-2H3,(H,17,20)(H,18,19,21).